The van der Waals surface area contributed by atoms with Crippen LogP contribution in [0, 0.1) is 0 Å². The molecule has 14 heavy (non-hydrogen) atoms. The first kappa shape index (κ1) is 19.1. The maximum atomic E-state index is 9.73. The smallest absolute Gasteiger partial charge is 0.241 e. The second-order valence-corrected chi connectivity index (χ2v) is 3.92. The maximum absolute atomic E-state index is 9.73. The third-order valence-corrected chi connectivity index (χ3v) is 1.23. The molecule has 0 rings (SSSR count). The Morgan fingerprint density at radius 2 is 1.79 bits per heavy atom. The fraction of sp³-hybridized carbons (Fsp3) is 0.700. The summed E-state index contributed by atoms with van der Waals surface area (Å²) in [6.45, 7) is 5.23. The van der Waals surface area contributed by atoms with E-state index in [1.807, 2.05) is 0 Å². The van der Waals surface area contributed by atoms with Gasteiger partial charge in [-0.05, 0) is 19.4 Å². The Morgan fingerprint density at radius 3 is 1.79 bits per heavy atom. The lowest BCUT2D eigenvalue weighted by Gasteiger charge is -2.22. The van der Waals surface area contributed by atoms with E-state index in [0.717, 1.165) is 4.48 Å². The molecule has 0 atom stereocenters. The minimum atomic E-state index is -0.391. The predicted octanol–water partition coefficient (Wildman–Crippen LogP) is -1.85. The van der Waals surface area contributed by atoms with Crippen molar-refractivity contribution in [3.8, 4) is 0 Å². The molecule has 0 saturated carbocycles. The number of primary amides is 1. The molecule has 1 amide bonds. The summed E-state index contributed by atoms with van der Waals surface area (Å²) in [5.74, 6) is -0.391. The molecule has 0 saturated heterocycles. The van der Waals surface area contributed by atoms with Gasteiger partial charge in [-0.15, -0.1) is 0 Å². The fourth-order valence-corrected chi connectivity index (χ4v) is 0.835. The van der Waals surface area contributed by atoms with Crippen LogP contribution in [0.1, 0.15) is 20.3 Å². The van der Waals surface area contributed by atoms with Gasteiger partial charge in [-0.25, -0.2) is 0 Å². The summed E-state index contributed by atoms with van der Waals surface area (Å²) >= 11 is 0. The zero-order chi connectivity index (χ0) is 10.9. The SMILES string of the molecule is CC=CC(N)=O.CCC[N+](C)(C)C.[Cl-]. The highest BCUT2D eigenvalue weighted by atomic mass is 35.5. The molecule has 0 aliphatic heterocycles. The molecule has 0 aromatic heterocycles. The molecule has 4 heteroatoms. The molecule has 2 N–H and O–H groups in total. The van der Waals surface area contributed by atoms with Gasteiger partial charge in [-0.2, -0.15) is 0 Å². The molecule has 0 radical (unpaired) electrons. The largest absolute Gasteiger partial charge is 1.00 e. The third kappa shape index (κ3) is 30.0. The second-order valence-electron chi connectivity index (χ2n) is 3.92. The van der Waals surface area contributed by atoms with E-state index < -0.39 is 5.91 Å². The Labute approximate surface area is 94.0 Å². The van der Waals surface area contributed by atoms with E-state index in [1.165, 1.54) is 19.0 Å². The van der Waals surface area contributed by atoms with Crippen LogP contribution in [0.2, 0.25) is 0 Å². The number of nitrogens with zero attached hydrogens (tertiary/aromatic N) is 1. The number of carbonyl (C=O) groups excluding carboxylic acids is 1. The number of halogens is 1. The molecule has 0 spiro atoms. The quantitative estimate of drug-likeness (QED) is 0.443. The Kier molecular flexibility index (Phi) is 14.4. The molecule has 86 valence electrons. The van der Waals surface area contributed by atoms with Crippen LogP contribution in [0.5, 0.6) is 0 Å². The Morgan fingerprint density at radius 1 is 1.36 bits per heavy atom. The summed E-state index contributed by atoms with van der Waals surface area (Å²) < 4.78 is 1.09. The lowest BCUT2D eigenvalue weighted by molar-refractivity contribution is -0.870. The van der Waals surface area contributed by atoms with Crippen molar-refractivity contribution in [3.05, 3.63) is 12.2 Å². The number of carbonyl (C=O) groups is 1. The van der Waals surface area contributed by atoms with Crippen molar-refractivity contribution in [2.24, 2.45) is 5.73 Å². The lowest BCUT2D eigenvalue weighted by atomic mass is 10.4. The van der Waals surface area contributed by atoms with E-state index in [4.69, 9.17) is 0 Å². The molecule has 3 nitrogen and oxygen atoms in total. The zero-order valence-electron chi connectivity index (χ0n) is 9.88. The summed E-state index contributed by atoms with van der Waals surface area (Å²) in [5, 5.41) is 0. The lowest BCUT2D eigenvalue weighted by Crippen LogP contribution is -3.00. The van der Waals surface area contributed by atoms with Crippen molar-refractivity contribution >= 4 is 5.91 Å². The van der Waals surface area contributed by atoms with Crippen LogP contribution in [0.15, 0.2) is 12.2 Å². The van der Waals surface area contributed by atoms with Gasteiger partial charge in [0.2, 0.25) is 5.91 Å². The highest BCUT2D eigenvalue weighted by Crippen LogP contribution is 1.90. The summed E-state index contributed by atoms with van der Waals surface area (Å²) in [7, 11) is 6.64. The van der Waals surface area contributed by atoms with Gasteiger partial charge < -0.3 is 22.6 Å². The van der Waals surface area contributed by atoms with Crippen LogP contribution in [0.25, 0.3) is 0 Å². The number of amides is 1. The van der Waals surface area contributed by atoms with E-state index in [9.17, 15) is 4.79 Å². The molecule has 0 aromatic rings. The first-order valence-corrected chi connectivity index (χ1v) is 4.56. The number of rotatable bonds is 3. The number of nitrogens with two attached hydrogens (primary N) is 1. The first-order valence-electron chi connectivity index (χ1n) is 4.56. The van der Waals surface area contributed by atoms with Crippen molar-refractivity contribution in [1.82, 2.24) is 0 Å². The average molecular weight is 223 g/mol. The van der Waals surface area contributed by atoms with Crippen molar-refractivity contribution in [3.63, 3.8) is 0 Å². The van der Waals surface area contributed by atoms with Gasteiger partial charge in [0.15, 0.2) is 0 Å². The number of allylic oxidation sites excluding steroid dienone is 1. The molecule has 0 unspecified atom stereocenters. The van der Waals surface area contributed by atoms with Crippen LogP contribution in [-0.2, 0) is 4.79 Å². The molecule has 0 aliphatic rings. The normalized spacial score (nSPS) is 10.1. The highest BCUT2D eigenvalue weighted by Gasteiger charge is 2.01. The van der Waals surface area contributed by atoms with Gasteiger partial charge in [-0.3, -0.25) is 4.79 Å². The first-order chi connectivity index (χ1) is 5.83. The van der Waals surface area contributed by atoms with Gasteiger partial charge in [-0.1, -0.05) is 13.0 Å². The summed E-state index contributed by atoms with van der Waals surface area (Å²) in [6.07, 6.45) is 4.19. The average Bonchev–Trinajstić information content (AvgIpc) is 1.84. The Hall–Kier alpha value is -0.540. The van der Waals surface area contributed by atoms with Crippen molar-refractivity contribution < 1.29 is 21.7 Å². The van der Waals surface area contributed by atoms with E-state index >= 15 is 0 Å². The monoisotopic (exact) mass is 222 g/mol. The van der Waals surface area contributed by atoms with E-state index in [2.05, 4.69) is 33.8 Å². The predicted molar refractivity (Wildman–Crippen MR) is 57.2 cm³/mol. The minimum Gasteiger partial charge on any atom is -1.00 e. The maximum Gasteiger partial charge on any atom is 0.241 e. The van der Waals surface area contributed by atoms with Crippen LogP contribution in [0.4, 0.5) is 0 Å². The molecule has 0 heterocycles. The molecule has 0 aliphatic carbocycles. The van der Waals surface area contributed by atoms with Gasteiger partial charge in [0.25, 0.3) is 0 Å². The fourth-order valence-electron chi connectivity index (χ4n) is 0.835. The van der Waals surface area contributed by atoms with Gasteiger partial charge in [0.05, 0.1) is 27.7 Å². The molecule has 0 fully saturated rings. The summed E-state index contributed by atoms with van der Waals surface area (Å²) in [4.78, 5) is 9.73. The molecular weight excluding hydrogens is 200 g/mol. The number of quaternary nitrogens is 1. The topological polar surface area (TPSA) is 43.1 Å². The zero-order valence-corrected chi connectivity index (χ0v) is 10.6. The highest BCUT2D eigenvalue weighted by molar-refractivity contribution is 5.85. The minimum absolute atomic E-state index is 0. The summed E-state index contributed by atoms with van der Waals surface area (Å²) in [5.41, 5.74) is 4.68. The standard InChI is InChI=1S/C6H16N.C4H7NO.ClH/c1-5-6-7(2,3)4;1-2-3-4(5)6;/h5-6H2,1-4H3;2-3H,1H3,(H2,5,6);1H/q+1;;/p-1. The van der Waals surface area contributed by atoms with Crippen molar-refractivity contribution in [2.45, 2.75) is 20.3 Å². The molecular formula is C10H23ClN2O. The van der Waals surface area contributed by atoms with Gasteiger partial charge in [0, 0.05) is 0 Å². The Balaban J connectivity index is -0.000000163. The van der Waals surface area contributed by atoms with Crippen LogP contribution < -0.4 is 18.1 Å². The molecule has 0 aromatic carbocycles. The second kappa shape index (κ2) is 10.5. The van der Waals surface area contributed by atoms with Crippen molar-refractivity contribution in [2.75, 3.05) is 27.7 Å². The van der Waals surface area contributed by atoms with Gasteiger partial charge >= 0.3 is 0 Å². The van der Waals surface area contributed by atoms with Gasteiger partial charge in [0.1, 0.15) is 0 Å². The van der Waals surface area contributed by atoms with Crippen LogP contribution in [-0.4, -0.2) is 38.1 Å². The van der Waals surface area contributed by atoms with Crippen LogP contribution in [0.3, 0.4) is 0 Å². The number of hydrogen-bond donors (Lipinski definition) is 1. The Bertz CT molecular complexity index is 162. The van der Waals surface area contributed by atoms with Crippen molar-refractivity contribution in [1.29, 1.82) is 0 Å². The summed E-state index contributed by atoms with van der Waals surface area (Å²) in [6, 6.07) is 0. The van der Waals surface area contributed by atoms with E-state index in [-0.39, 0.29) is 12.4 Å². The van der Waals surface area contributed by atoms with E-state index in [0.29, 0.717) is 0 Å². The third-order valence-electron chi connectivity index (χ3n) is 1.23. The molecule has 0 bridgehead atoms. The van der Waals surface area contributed by atoms with Crippen LogP contribution >= 0.6 is 0 Å². The number of hydrogen-bond acceptors (Lipinski definition) is 1. The van der Waals surface area contributed by atoms with E-state index in [1.54, 1.807) is 13.0 Å².